The molecule has 0 spiro atoms. The van der Waals surface area contributed by atoms with Crippen LogP contribution in [0.25, 0.3) is 6.08 Å². The van der Waals surface area contributed by atoms with Gasteiger partial charge in [-0.2, -0.15) is 5.26 Å². The van der Waals surface area contributed by atoms with E-state index in [4.69, 9.17) is 14.7 Å². The number of nitrogens with zero attached hydrogens (tertiary/aromatic N) is 2. The zero-order valence-electron chi connectivity index (χ0n) is 17.8. The van der Waals surface area contributed by atoms with Crippen molar-refractivity contribution in [3.63, 3.8) is 0 Å². The average molecular weight is 439 g/mol. The molecule has 1 heterocycles. The van der Waals surface area contributed by atoms with Crippen LogP contribution < -0.4 is 14.8 Å². The molecule has 1 saturated heterocycles. The van der Waals surface area contributed by atoms with E-state index in [1.54, 1.807) is 36.4 Å². The number of aliphatic hydroxyl groups is 1. The Morgan fingerprint density at radius 3 is 2.75 bits per heavy atom. The monoisotopic (exact) mass is 439 g/mol. The average Bonchev–Trinajstić information content (AvgIpc) is 2.79. The van der Waals surface area contributed by atoms with Crippen LogP contribution in [0.3, 0.4) is 0 Å². The molecule has 0 bridgehead atoms. The highest BCUT2D eigenvalue weighted by atomic mass is 19.1. The van der Waals surface area contributed by atoms with Crippen molar-refractivity contribution in [2.75, 3.05) is 33.4 Å². The molecule has 2 N–H and O–H groups in total. The predicted octanol–water partition coefficient (Wildman–Crippen LogP) is 2.35. The van der Waals surface area contributed by atoms with Gasteiger partial charge >= 0.3 is 0 Å². The number of likely N-dealkylation sites (tertiary alicyclic amines) is 1. The molecule has 0 aromatic heterocycles. The van der Waals surface area contributed by atoms with Crippen molar-refractivity contribution < 1.29 is 23.8 Å². The fourth-order valence-electron chi connectivity index (χ4n) is 3.38. The molecule has 1 fully saturated rings. The van der Waals surface area contributed by atoms with E-state index in [0.717, 1.165) is 13.1 Å². The Morgan fingerprint density at radius 1 is 1.34 bits per heavy atom. The van der Waals surface area contributed by atoms with Gasteiger partial charge in [-0.05, 0) is 55.0 Å². The van der Waals surface area contributed by atoms with E-state index in [0.29, 0.717) is 35.6 Å². The summed E-state index contributed by atoms with van der Waals surface area (Å²) < 4.78 is 24.0. The van der Waals surface area contributed by atoms with Crippen LogP contribution in [0.15, 0.2) is 48.5 Å². The van der Waals surface area contributed by atoms with E-state index in [1.807, 2.05) is 0 Å². The fourth-order valence-corrected chi connectivity index (χ4v) is 3.38. The molecular formula is C24H26FN3O4. The third-order valence-corrected chi connectivity index (χ3v) is 5.17. The number of ether oxygens (including phenoxy) is 2. The van der Waals surface area contributed by atoms with E-state index >= 15 is 0 Å². The van der Waals surface area contributed by atoms with Crippen molar-refractivity contribution in [2.45, 2.75) is 18.6 Å². The third kappa shape index (κ3) is 6.54. The van der Waals surface area contributed by atoms with E-state index in [-0.39, 0.29) is 30.5 Å². The van der Waals surface area contributed by atoms with Gasteiger partial charge in [-0.3, -0.25) is 9.69 Å². The Labute approximate surface area is 186 Å². The summed E-state index contributed by atoms with van der Waals surface area (Å²) >= 11 is 0. The summed E-state index contributed by atoms with van der Waals surface area (Å²) in [7, 11) is 1.52. The van der Waals surface area contributed by atoms with Crippen LogP contribution in [-0.4, -0.2) is 61.4 Å². The number of hydrogen-bond acceptors (Lipinski definition) is 6. The van der Waals surface area contributed by atoms with E-state index in [9.17, 15) is 14.3 Å². The van der Waals surface area contributed by atoms with Gasteiger partial charge in [0.25, 0.3) is 0 Å². The molecule has 0 unspecified atom stereocenters. The van der Waals surface area contributed by atoms with Crippen molar-refractivity contribution in [2.24, 2.45) is 0 Å². The lowest BCUT2D eigenvalue weighted by Crippen LogP contribution is -2.54. The number of carbonyl (C=O) groups is 1. The molecule has 1 atom stereocenters. The summed E-state index contributed by atoms with van der Waals surface area (Å²) in [5, 5.41) is 21.4. The Morgan fingerprint density at radius 2 is 2.09 bits per heavy atom. The van der Waals surface area contributed by atoms with Gasteiger partial charge in [0.15, 0.2) is 0 Å². The van der Waals surface area contributed by atoms with Gasteiger partial charge in [0.2, 0.25) is 5.91 Å². The first-order valence-electron chi connectivity index (χ1n) is 10.3. The number of halogens is 1. The van der Waals surface area contributed by atoms with Crippen LogP contribution >= 0.6 is 0 Å². The fraction of sp³-hybridized carbons (Fsp3) is 0.333. The number of rotatable bonds is 10. The highest BCUT2D eigenvalue weighted by Crippen LogP contribution is 2.21. The normalized spacial score (nSPS) is 15.1. The SMILES string of the molecule is COc1ccc(C#N)cc1/C=C/C(=O)N[C@@H](CO)CCN1CC(Oc2ccc(F)cc2)C1. The summed E-state index contributed by atoms with van der Waals surface area (Å²) in [6, 6.07) is 12.6. The highest BCUT2D eigenvalue weighted by molar-refractivity contribution is 5.92. The smallest absolute Gasteiger partial charge is 0.244 e. The Bertz CT molecular complexity index is 982. The minimum atomic E-state index is -0.378. The summed E-state index contributed by atoms with van der Waals surface area (Å²) in [6.07, 6.45) is 3.57. The van der Waals surface area contributed by atoms with Crippen molar-refractivity contribution in [1.29, 1.82) is 5.26 Å². The molecule has 168 valence electrons. The molecule has 0 aliphatic carbocycles. The molecule has 32 heavy (non-hydrogen) atoms. The van der Waals surface area contributed by atoms with Crippen molar-refractivity contribution in [3.05, 3.63) is 65.5 Å². The molecule has 0 radical (unpaired) electrons. The van der Waals surface area contributed by atoms with Gasteiger partial charge in [-0.15, -0.1) is 0 Å². The van der Waals surface area contributed by atoms with Gasteiger partial charge in [-0.25, -0.2) is 4.39 Å². The molecule has 1 aliphatic heterocycles. The molecule has 1 aliphatic rings. The van der Waals surface area contributed by atoms with Gasteiger partial charge in [0.05, 0.1) is 31.4 Å². The molecule has 2 aromatic carbocycles. The second-order valence-corrected chi connectivity index (χ2v) is 7.53. The first-order valence-corrected chi connectivity index (χ1v) is 10.3. The van der Waals surface area contributed by atoms with Crippen molar-refractivity contribution in [3.8, 4) is 17.6 Å². The number of methoxy groups -OCH3 is 1. The molecule has 2 aromatic rings. The molecular weight excluding hydrogens is 413 g/mol. The summed E-state index contributed by atoms with van der Waals surface area (Å²) in [5.74, 6) is 0.561. The topological polar surface area (TPSA) is 94.8 Å². The van der Waals surface area contributed by atoms with Gasteiger partial charge in [0.1, 0.15) is 23.4 Å². The number of benzene rings is 2. The summed E-state index contributed by atoms with van der Waals surface area (Å²) in [6.45, 7) is 2.00. The van der Waals surface area contributed by atoms with Crippen LogP contribution in [0.1, 0.15) is 17.5 Å². The van der Waals surface area contributed by atoms with Crippen molar-refractivity contribution in [1.82, 2.24) is 10.2 Å². The first-order chi connectivity index (χ1) is 15.5. The van der Waals surface area contributed by atoms with Crippen LogP contribution in [0, 0.1) is 17.1 Å². The van der Waals surface area contributed by atoms with Gasteiger partial charge in [-0.1, -0.05) is 0 Å². The molecule has 0 saturated carbocycles. The maximum Gasteiger partial charge on any atom is 0.244 e. The number of amides is 1. The van der Waals surface area contributed by atoms with Crippen molar-refractivity contribution >= 4 is 12.0 Å². The second kappa shape index (κ2) is 11.3. The first kappa shape index (κ1) is 23.3. The number of carbonyl (C=O) groups excluding carboxylic acids is 1. The van der Waals surface area contributed by atoms with Crippen LogP contribution in [-0.2, 0) is 4.79 Å². The Kier molecular flexibility index (Phi) is 8.20. The van der Waals surface area contributed by atoms with E-state index in [2.05, 4.69) is 16.3 Å². The lowest BCUT2D eigenvalue weighted by molar-refractivity contribution is -0.117. The second-order valence-electron chi connectivity index (χ2n) is 7.53. The van der Waals surface area contributed by atoms with E-state index in [1.165, 1.54) is 25.3 Å². The highest BCUT2D eigenvalue weighted by Gasteiger charge is 2.28. The van der Waals surface area contributed by atoms with Gasteiger partial charge < -0.3 is 19.9 Å². The molecule has 3 rings (SSSR count). The maximum atomic E-state index is 12.9. The van der Waals surface area contributed by atoms with E-state index < -0.39 is 0 Å². The van der Waals surface area contributed by atoms with Crippen LogP contribution in [0.2, 0.25) is 0 Å². The number of aliphatic hydroxyl groups excluding tert-OH is 1. The lowest BCUT2D eigenvalue weighted by atomic mass is 10.1. The predicted molar refractivity (Wildman–Crippen MR) is 118 cm³/mol. The lowest BCUT2D eigenvalue weighted by Gasteiger charge is -2.39. The zero-order valence-corrected chi connectivity index (χ0v) is 17.8. The number of hydrogen-bond donors (Lipinski definition) is 2. The third-order valence-electron chi connectivity index (χ3n) is 5.17. The Balaban J connectivity index is 1.42. The molecule has 8 heteroatoms. The van der Waals surface area contributed by atoms with Crippen LogP contribution in [0.4, 0.5) is 4.39 Å². The summed E-state index contributed by atoms with van der Waals surface area (Å²) in [4.78, 5) is 14.4. The minimum Gasteiger partial charge on any atom is -0.496 e. The number of nitrogens with one attached hydrogen (secondary N) is 1. The van der Waals surface area contributed by atoms with Crippen LogP contribution in [0.5, 0.6) is 11.5 Å². The molecule has 7 nitrogen and oxygen atoms in total. The quantitative estimate of drug-likeness (QED) is 0.552. The maximum absolute atomic E-state index is 12.9. The minimum absolute atomic E-state index is 0.0460. The largest absolute Gasteiger partial charge is 0.496 e. The number of nitriles is 1. The zero-order chi connectivity index (χ0) is 22.9. The molecule has 1 amide bonds. The summed E-state index contributed by atoms with van der Waals surface area (Å²) in [5.41, 5.74) is 1.09. The standard InChI is InChI=1S/C24H26FN3O4/c1-31-23-8-2-17(13-26)12-18(23)3-9-24(30)27-20(16-29)10-11-28-14-22(15-28)32-21-6-4-19(25)5-7-21/h2-9,12,20,22,29H,10-11,14-16H2,1H3,(H,27,30)/b9-3+/t20-/m1/s1. The van der Waals surface area contributed by atoms with Gasteiger partial charge in [0, 0.05) is 31.3 Å². The Hall–Kier alpha value is -3.41.